The zero-order valence-electron chi connectivity index (χ0n) is 16.0. The summed E-state index contributed by atoms with van der Waals surface area (Å²) in [5.41, 5.74) is 1.49. The molecule has 0 atom stereocenters. The van der Waals surface area contributed by atoms with E-state index in [1.54, 1.807) is 4.88 Å². The van der Waals surface area contributed by atoms with E-state index in [9.17, 15) is 13.2 Å². The molecule has 6 nitrogen and oxygen atoms in total. The maximum Gasteiger partial charge on any atom is 0.225 e. The molecular weight excluding hydrogens is 382 g/mol. The summed E-state index contributed by atoms with van der Waals surface area (Å²) in [6.07, 6.45) is 5.81. The molecule has 0 saturated carbocycles. The molecule has 0 aromatic carbocycles. The number of hydrogen-bond acceptors (Lipinski definition) is 5. The molecule has 8 heteroatoms. The van der Waals surface area contributed by atoms with Crippen LogP contribution in [0.25, 0.3) is 0 Å². The number of nitrogens with zero attached hydrogens (tertiary/aromatic N) is 3. The number of hydrogen-bond donors (Lipinski definition) is 0. The van der Waals surface area contributed by atoms with Gasteiger partial charge in [-0.15, -0.1) is 11.3 Å². The first kappa shape index (κ1) is 19.4. The van der Waals surface area contributed by atoms with Gasteiger partial charge < -0.3 is 4.90 Å². The molecule has 1 aromatic heterocycles. The number of rotatable bonds is 3. The van der Waals surface area contributed by atoms with Crippen molar-refractivity contribution in [2.45, 2.75) is 44.7 Å². The zero-order chi connectivity index (χ0) is 19.0. The highest BCUT2D eigenvalue weighted by molar-refractivity contribution is 7.88. The van der Waals surface area contributed by atoms with Gasteiger partial charge >= 0.3 is 0 Å². The standard InChI is InChI=1S/C19H29N3O3S2/c1-27(24,25)22-11-2-15(3-12-22)19(23)20-8-4-17(5-9-20)21-10-6-18-16(14-21)7-13-26-18/h7,13,15,17H,2-6,8-12,14H2,1H3. The summed E-state index contributed by atoms with van der Waals surface area (Å²) < 4.78 is 24.8. The van der Waals surface area contributed by atoms with Crippen molar-refractivity contribution in [2.75, 3.05) is 39.0 Å². The lowest BCUT2D eigenvalue weighted by Gasteiger charge is -2.41. The van der Waals surface area contributed by atoms with Crippen LogP contribution in [0, 0.1) is 5.92 Å². The van der Waals surface area contributed by atoms with Crippen LogP contribution >= 0.6 is 11.3 Å². The zero-order valence-corrected chi connectivity index (χ0v) is 17.6. The van der Waals surface area contributed by atoms with E-state index in [1.165, 1.54) is 16.1 Å². The molecule has 3 aliphatic rings. The van der Waals surface area contributed by atoms with E-state index in [4.69, 9.17) is 0 Å². The Morgan fingerprint density at radius 2 is 1.78 bits per heavy atom. The third kappa shape index (κ3) is 4.23. The number of carbonyl (C=O) groups excluding carboxylic acids is 1. The number of amides is 1. The lowest BCUT2D eigenvalue weighted by atomic mass is 9.94. The molecule has 150 valence electrons. The first-order valence-electron chi connectivity index (χ1n) is 9.95. The van der Waals surface area contributed by atoms with Gasteiger partial charge in [0.1, 0.15) is 0 Å². The number of carbonyl (C=O) groups is 1. The molecule has 27 heavy (non-hydrogen) atoms. The van der Waals surface area contributed by atoms with Gasteiger partial charge in [-0.25, -0.2) is 12.7 Å². The Hall–Kier alpha value is -0.960. The van der Waals surface area contributed by atoms with Crippen LogP contribution in [-0.4, -0.2) is 73.5 Å². The highest BCUT2D eigenvalue weighted by Gasteiger charge is 2.34. The Balaban J connectivity index is 1.27. The van der Waals surface area contributed by atoms with Crippen molar-refractivity contribution in [2.24, 2.45) is 5.92 Å². The van der Waals surface area contributed by atoms with Crippen LogP contribution in [0.4, 0.5) is 0 Å². The minimum atomic E-state index is -3.13. The van der Waals surface area contributed by atoms with Crippen molar-refractivity contribution in [3.05, 3.63) is 21.9 Å². The van der Waals surface area contributed by atoms with Crippen LogP contribution < -0.4 is 0 Å². The normalized spacial score (nSPS) is 24.1. The van der Waals surface area contributed by atoms with Gasteiger partial charge in [-0.05, 0) is 49.1 Å². The van der Waals surface area contributed by atoms with Crippen LogP contribution in [-0.2, 0) is 27.8 Å². The summed E-state index contributed by atoms with van der Waals surface area (Å²) in [5, 5.41) is 2.20. The summed E-state index contributed by atoms with van der Waals surface area (Å²) in [6, 6.07) is 2.84. The van der Waals surface area contributed by atoms with Crippen LogP contribution in [0.1, 0.15) is 36.1 Å². The first-order valence-corrected chi connectivity index (χ1v) is 12.7. The monoisotopic (exact) mass is 411 g/mol. The second-order valence-electron chi connectivity index (χ2n) is 8.08. The van der Waals surface area contributed by atoms with E-state index < -0.39 is 10.0 Å². The molecule has 4 heterocycles. The highest BCUT2D eigenvalue weighted by Crippen LogP contribution is 2.29. The third-order valence-corrected chi connectivity index (χ3v) is 8.73. The number of sulfonamides is 1. The van der Waals surface area contributed by atoms with Gasteiger partial charge in [0.15, 0.2) is 0 Å². The van der Waals surface area contributed by atoms with Crippen molar-refractivity contribution < 1.29 is 13.2 Å². The quantitative estimate of drug-likeness (QED) is 0.761. The Kier molecular flexibility index (Phi) is 5.60. The van der Waals surface area contributed by atoms with Crippen LogP contribution in [0.15, 0.2) is 11.4 Å². The molecule has 0 spiro atoms. The number of piperidine rings is 2. The topological polar surface area (TPSA) is 60.9 Å². The lowest BCUT2D eigenvalue weighted by molar-refractivity contribution is -0.138. The molecule has 2 saturated heterocycles. The van der Waals surface area contributed by atoms with Crippen molar-refractivity contribution in [3.8, 4) is 0 Å². The molecule has 2 fully saturated rings. The molecule has 4 rings (SSSR count). The minimum absolute atomic E-state index is 0.0112. The summed E-state index contributed by atoms with van der Waals surface area (Å²) >= 11 is 1.88. The van der Waals surface area contributed by atoms with Gasteiger partial charge in [0.25, 0.3) is 0 Å². The van der Waals surface area contributed by atoms with E-state index in [1.807, 2.05) is 16.2 Å². The summed E-state index contributed by atoms with van der Waals surface area (Å²) in [5.74, 6) is 0.225. The maximum atomic E-state index is 12.9. The minimum Gasteiger partial charge on any atom is -0.342 e. The molecule has 0 N–H and O–H groups in total. The smallest absolute Gasteiger partial charge is 0.225 e. The summed E-state index contributed by atoms with van der Waals surface area (Å²) in [7, 11) is -3.13. The molecular formula is C19H29N3O3S2. The Morgan fingerprint density at radius 1 is 1.07 bits per heavy atom. The highest BCUT2D eigenvalue weighted by atomic mass is 32.2. The second-order valence-corrected chi connectivity index (χ2v) is 11.1. The Labute approximate surface area is 166 Å². The van der Waals surface area contributed by atoms with Gasteiger partial charge in [-0.2, -0.15) is 0 Å². The van der Waals surface area contributed by atoms with Crippen molar-refractivity contribution in [3.63, 3.8) is 0 Å². The molecule has 1 aromatic rings. The number of likely N-dealkylation sites (tertiary alicyclic amines) is 1. The second kappa shape index (κ2) is 7.81. The van der Waals surface area contributed by atoms with Crippen LogP contribution in [0.3, 0.4) is 0 Å². The molecule has 3 aliphatic heterocycles. The SMILES string of the molecule is CS(=O)(=O)N1CCC(C(=O)N2CCC(N3CCc4sccc4C3)CC2)CC1. The number of thiophene rings is 1. The fraction of sp³-hybridized carbons (Fsp3) is 0.737. The van der Waals surface area contributed by atoms with E-state index in [2.05, 4.69) is 16.3 Å². The van der Waals surface area contributed by atoms with Crippen molar-refractivity contribution in [1.82, 2.24) is 14.1 Å². The average molecular weight is 412 g/mol. The molecule has 0 aliphatic carbocycles. The van der Waals surface area contributed by atoms with Gasteiger partial charge in [0.05, 0.1) is 6.26 Å². The number of fused-ring (bicyclic) bond motifs is 1. The third-order valence-electron chi connectivity index (χ3n) is 6.40. The van der Waals surface area contributed by atoms with Gasteiger partial charge in [0, 0.05) is 56.1 Å². The van der Waals surface area contributed by atoms with E-state index in [0.29, 0.717) is 32.0 Å². The lowest BCUT2D eigenvalue weighted by Crippen LogP contribution is -2.50. The van der Waals surface area contributed by atoms with Crippen LogP contribution in [0.5, 0.6) is 0 Å². The maximum absolute atomic E-state index is 12.9. The van der Waals surface area contributed by atoms with E-state index >= 15 is 0 Å². The predicted octanol–water partition coefficient (Wildman–Crippen LogP) is 1.77. The summed E-state index contributed by atoms with van der Waals surface area (Å²) in [4.78, 5) is 19.0. The van der Waals surface area contributed by atoms with Gasteiger partial charge in [-0.3, -0.25) is 9.69 Å². The molecule has 0 radical (unpaired) electrons. The molecule has 0 bridgehead atoms. The van der Waals surface area contributed by atoms with Crippen molar-refractivity contribution >= 4 is 27.3 Å². The Morgan fingerprint density at radius 3 is 2.44 bits per heavy atom. The summed E-state index contributed by atoms with van der Waals surface area (Å²) in [6.45, 7) is 4.81. The fourth-order valence-corrected chi connectivity index (χ4v) is 6.49. The van der Waals surface area contributed by atoms with E-state index in [-0.39, 0.29) is 11.8 Å². The largest absolute Gasteiger partial charge is 0.342 e. The predicted molar refractivity (Wildman–Crippen MR) is 107 cm³/mol. The Bertz CT molecular complexity index is 776. The van der Waals surface area contributed by atoms with Gasteiger partial charge in [0.2, 0.25) is 15.9 Å². The van der Waals surface area contributed by atoms with E-state index in [0.717, 1.165) is 45.4 Å². The molecule has 1 amide bonds. The van der Waals surface area contributed by atoms with Gasteiger partial charge in [-0.1, -0.05) is 0 Å². The fourth-order valence-electron chi connectivity index (χ4n) is 4.73. The molecule has 0 unspecified atom stereocenters. The first-order chi connectivity index (χ1) is 12.9. The van der Waals surface area contributed by atoms with Crippen LogP contribution in [0.2, 0.25) is 0 Å². The average Bonchev–Trinajstić information content (AvgIpc) is 3.15. The van der Waals surface area contributed by atoms with Crippen molar-refractivity contribution in [1.29, 1.82) is 0 Å².